The van der Waals surface area contributed by atoms with Gasteiger partial charge in [0, 0.05) is 10.2 Å². The number of nitriles is 1. The standard InChI is InChI=1S/C13H10BrF3N2O/c14-10-3-2-8(6-9(10)13(15,16)17)19-11(20)12(7-18)4-1-5-12/h2-3,6H,1,4-5H2,(H,19,20). The van der Waals surface area contributed by atoms with Gasteiger partial charge in [-0.2, -0.15) is 18.4 Å². The number of carbonyl (C=O) groups excluding carboxylic acids is 1. The summed E-state index contributed by atoms with van der Waals surface area (Å²) in [6.07, 6.45) is -2.85. The van der Waals surface area contributed by atoms with E-state index in [-0.39, 0.29) is 10.2 Å². The van der Waals surface area contributed by atoms with Crippen LogP contribution in [0.2, 0.25) is 0 Å². The van der Waals surface area contributed by atoms with Gasteiger partial charge in [0.25, 0.3) is 0 Å². The van der Waals surface area contributed by atoms with E-state index >= 15 is 0 Å². The Hall–Kier alpha value is -1.55. The molecule has 1 N–H and O–H groups in total. The number of hydrogen-bond acceptors (Lipinski definition) is 2. The summed E-state index contributed by atoms with van der Waals surface area (Å²) in [4.78, 5) is 12.0. The molecule has 2 rings (SSSR count). The number of alkyl halides is 3. The molecular weight excluding hydrogens is 337 g/mol. The number of rotatable bonds is 2. The molecule has 1 aliphatic carbocycles. The number of halogens is 4. The van der Waals surface area contributed by atoms with Crippen molar-refractivity contribution in [3.05, 3.63) is 28.2 Å². The average molecular weight is 347 g/mol. The summed E-state index contributed by atoms with van der Waals surface area (Å²) < 4.78 is 38.1. The van der Waals surface area contributed by atoms with Crippen LogP contribution in [0.3, 0.4) is 0 Å². The van der Waals surface area contributed by atoms with E-state index in [1.54, 1.807) is 0 Å². The van der Waals surface area contributed by atoms with E-state index in [4.69, 9.17) is 5.26 Å². The van der Waals surface area contributed by atoms with Gasteiger partial charge < -0.3 is 5.32 Å². The Morgan fingerprint density at radius 3 is 2.50 bits per heavy atom. The predicted octanol–water partition coefficient (Wildman–Crippen LogP) is 4.10. The zero-order valence-electron chi connectivity index (χ0n) is 10.2. The summed E-state index contributed by atoms with van der Waals surface area (Å²) in [6.45, 7) is 0. The Kier molecular flexibility index (Phi) is 3.78. The van der Waals surface area contributed by atoms with Gasteiger partial charge in [-0.25, -0.2) is 0 Å². The van der Waals surface area contributed by atoms with E-state index in [9.17, 15) is 18.0 Å². The first-order valence-corrected chi connectivity index (χ1v) is 6.67. The number of carbonyl (C=O) groups is 1. The van der Waals surface area contributed by atoms with E-state index in [2.05, 4.69) is 21.2 Å². The molecule has 0 aromatic heterocycles. The Labute approximate surface area is 121 Å². The van der Waals surface area contributed by atoms with Gasteiger partial charge in [0.05, 0.1) is 11.6 Å². The van der Waals surface area contributed by atoms with Gasteiger partial charge in [-0.1, -0.05) is 15.9 Å². The van der Waals surface area contributed by atoms with Crippen LogP contribution in [0.15, 0.2) is 22.7 Å². The second-order valence-corrected chi connectivity index (χ2v) is 5.55. The lowest BCUT2D eigenvalue weighted by Gasteiger charge is -2.33. The van der Waals surface area contributed by atoms with Crippen molar-refractivity contribution in [1.82, 2.24) is 0 Å². The first-order chi connectivity index (χ1) is 9.28. The highest BCUT2D eigenvalue weighted by Crippen LogP contribution is 2.42. The summed E-state index contributed by atoms with van der Waals surface area (Å²) in [5.41, 5.74) is -1.92. The van der Waals surface area contributed by atoms with Crippen LogP contribution in [-0.2, 0) is 11.0 Å². The second kappa shape index (κ2) is 5.09. The van der Waals surface area contributed by atoms with Crippen molar-refractivity contribution in [2.45, 2.75) is 25.4 Å². The van der Waals surface area contributed by atoms with Crippen LogP contribution in [0.4, 0.5) is 18.9 Å². The quantitative estimate of drug-likeness (QED) is 0.876. The van der Waals surface area contributed by atoms with Gasteiger partial charge in [-0.15, -0.1) is 0 Å². The van der Waals surface area contributed by atoms with E-state index < -0.39 is 23.1 Å². The highest BCUT2D eigenvalue weighted by molar-refractivity contribution is 9.10. The van der Waals surface area contributed by atoms with Crippen molar-refractivity contribution in [3.63, 3.8) is 0 Å². The van der Waals surface area contributed by atoms with Crippen molar-refractivity contribution in [2.75, 3.05) is 5.32 Å². The smallest absolute Gasteiger partial charge is 0.325 e. The third-order valence-corrected chi connectivity index (χ3v) is 4.08. The Morgan fingerprint density at radius 1 is 1.40 bits per heavy atom. The van der Waals surface area contributed by atoms with Gasteiger partial charge >= 0.3 is 6.18 Å². The maximum absolute atomic E-state index is 12.7. The molecule has 0 bridgehead atoms. The number of hydrogen-bond donors (Lipinski definition) is 1. The average Bonchev–Trinajstić information content (AvgIpc) is 2.29. The van der Waals surface area contributed by atoms with Crippen molar-refractivity contribution in [3.8, 4) is 6.07 Å². The molecule has 1 fully saturated rings. The van der Waals surface area contributed by atoms with Crippen molar-refractivity contribution in [2.24, 2.45) is 5.41 Å². The molecule has 1 aliphatic rings. The third kappa shape index (κ3) is 2.66. The minimum absolute atomic E-state index is 0.0343. The predicted molar refractivity (Wildman–Crippen MR) is 69.7 cm³/mol. The van der Waals surface area contributed by atoms with Gasteiger partial charge in [-0.3, -0.25) is 4.79 Å². The zero-order valence-corrected chi connectivity index (χ0v) is 11.8. The fourth-order valence-electron chi connectivity index (χ4n) is 1.99. The summed E-state index contributed by atoms with van der Waals surface area (Å²) in [6, 6.07) is 5.38. The molecule has 1 saturated carbocycles. The third-order valence-electron chi connectivity index (χ3n) is 3.39. The number of amides is 1. The highest BCUT2D eigenvalue weighted by Gasteiger charge is 2.44. The molecule has 0 spiro atoms. The molecule has 0 atom stereocenters. The van der Waals surface area contributed by atoms with Crippen LogP contribution in [0, 0.1) is 16.7 Å². The van der Waals surface area contributed by atoms with Crippen LogP contribution in [0.5, 0.6) is 0 Å². The molecule has 0 radical (unpaired) electrons. The maximum Gasteiger partial charge on any atom is 0.417 e. The van der Waals surface area contributed by atoms with Crippen LogP contribution < -0.4 is 5.32 Å². The van der Waals surface area contributed by atoms with E-state index in [0.717, 1.165) is 12.5 Å². The summed E-state index contributed by atoms with van der Waals surface area (Å²) >= 11 is 2.83. The molecule has 0 aliphatic heterocycles. The number of anilines is 1. The Balaban J connectivity index is 2.23. The Bertz CT molecular complexity index is 588. The lowest BCUT2D eigenvalue weighted by atomic mass is 9.69. The van der Waals surface area contributed by atoms with Crippen molar-refractivity contribution >= 4 is 27.5 Å². The van der Waals surface area contributed by atoms with Gasteiger partial charge in [0.1, 0.15) is 5.41 Å². The van der Waals surface area contributed by atoms with Gasteiger partial charge in [-0.05, 0) is 37.5 Å². The second-order valence-electron chi connectivity index (χ2n) is 4.69. The lowest BCUT2D eigenvalue weighted by Crippen LogP contribution is -2.40. The summed E-state index contributed by atoms with van der Waals surface area (Å²) in [5.74, 6) is -0.540. The van der Waals surface area contributed by atoms with Gasteiger partial charge in [0.2, 0.25) is 5.91 Å². The highest BCUT2D eigenvalue weighted by atomic mass is 79.9. The maximum atomic E-state index is 12.7. The Morgan fingerprint density at radius 2 is 2.05 bits per heavy atom. The fourth-order valence-corrected chi connectivity index (χ4v) is 2.46. The van der Waals surface area contributed by atoms with Crippen LogP contribution in [-0.4, -0.2) is 5.91 Å². The molecule has 20 heavy (non-hydrogen) atoms. The minimum atomic E-state index is -4.51. The number of nitrogens with zero attached hydrogens (tertiary/aromatic N) is 1. The monoisotopic (exact) mass is 346 g/mol. The first-order valence-electron chi connectivity index (χ1n) is 5.88. The molecular formula is C13H10BrF3N2O. The summed E-state index contributed by atoms with van der Waals surface area (Å²) in [5, 5.41) is 11.4. The molecule has 1 aromatic carbocycles. The topological polar surface area (TPSA) is 52.9 Å². The van der Waals surface area contributed by atoms with Crippen LogP contribution in [0.25, 0.3) is 0 Å². The van der Waals surface area contributed by atoms with Crippen LogP contribution >= 0.6 is 15.9 Å². The molecule has 7 heteroatoms. The molecule has 1 amide bonds. The van der Waals surface area contributed by atoms with Gasteiger partial charge in [0.15, 0.2) is 0 Å². The fraction of sp³-hybridized carbons (Fsp3) is 0.385. The normalized spacial score (nSPS) is 16.9. The number of benzene rings is 1. The molecule has 0 saturated heterocycles. The molecule has 1 aromatic rings. The summed E-state index contributed by atoms with van der Waals surface area (Å²) in [7, 11) is 0. The molecule has 3 nitrogen and oxygen atoms in total. The lowest BCUT2D eigenvalue weighted by molar-refractivity contribution is -0.138. The first kappa shape index (κ1) is 14.9. The van der Waals surface area contributed by atoms with E-state index in [0.29, 0.717) is 12.8 Å². The SMILES string of the molecule is N#CC1(C(=O)Nc2ccc(Br)c(C(F)(F)F)c2)CCC1. The largest absolute Gasteiger partial charge is 0.417 e. The van der Waals surface area contributed by atoms with Crippen molar-refractivity contribution < 1.29 is 18.0 Å². The molecule has 106 valence electrons. The zero-order chi connectivity index (χ0) is 15.0. The van der Waals surface area contributed by atoms with Crippen LogP contribution in [0.1, 0.15) is 24.8 Å². The molecule has 0 heterocycles. The minimum Gasteiger partial charge on any atom is -0.325 e. The van der Waals surface area contributed by atoms with Crippen molar-refractivity contribution in [1.29, 1.82) is 5.26 Å². The van der Waals surface area contributed by atoms with E-state index in [1.165, 1.54) is 12.1 Å². The molecule has 0 unspecified atom stereocenters. The van der Waals surface area contributed by atoms with E-state index in [1.807, 2.05) is 6.07 Å². The number of nitrogens with one attached hydrogen (secondary N) is 1.